The molecule has 3 rings (SSSR count). The van der Waals surface area contributed by atoms with Crippen molar-refractivity contribution in [2.45, 2.75) is 62.0 Å². The summed E-state index contributed by atoms with van der Waals surface area (Å²) < 4.78 is 25.0. The number of rotatable bonds is 4. The summed E-state index contributed by atoms with van der Waals surface area (Å²) >= 11 is 1.39. The van der Waals surface area contributed by atoms with Crippen molar-refractivity contribution in [3.8, 4) is 0 Å². The van der Waals surface area contributed by atoms with E-state index in [1.165, 1.54) is 18.2 Å². The van der Waals surface area contributed by atoms with Crippen molar-refractivity contribution in [3.05, 3.63) is 5.82 Å². The van der Waals surface area contributed by atoms with Crippen molar-refractivity contribution in [3.63, 3.8) is 0 Å². The van der Waals surface area contributed by atoms with E-state index >= 15 is 0 Å². The van der Waals surface area contributed by atoms with Crippen LogP contribution in [0.3, 0.4) is 0 Å². The van der Waals surface area contributed by atoms with Gasteiger partial charge in [-0.2, -0.15) is 0 Å². The highest BCUT2D eigenvalue weighted by atomic mass is 32.2. The van der Waals surface area contributed by atoms with Crippen LogP contribution in [-0.4, -0.2) is 51.9 Å². The fourth-order valence-electron chi connectivity index (χ4n) is 2.98. The van der Waals surface area contributed by atoms with Crippen molar-refractivity contribution >= 4 is 27.5 Å². The van der Waals surface area contributed by atoms with Crippen LogP contribution in [0, 0.1) is 0 Å². The number of nitrogens with one attached hydrogen (secondary N) is 1. The number of thioether (sulfide) groups is 1. The topological polar surface area (TPSA) is 93.9 Å². The summed E-state index contributed by atoms with van der Waals surface area (Å²) in [5.74, 6) is 1.08. The smallest absolute Gasteiger partial charge is 0.233 e. The summed E-state index contributed by atoms with van der Waals surface area (Å²) in [5, 5.41) is 11.7. The molecule has 2 aliphatic rings. The summed E-state index contributed by atoms with van der Waals surface area (Å²) in [6.45, 7) is 2.72. The molecule has 1 aromatic heterocycles. The number of aryl methyl sites for hydroxylation is 1. The SMILES string of the molecule is C[C@H](Sc1nnc2n1CCCCC2)C(=O)N[C@H]1CCS(=O)(=O)C1. The number of sulfone groups is 1. The Hall–Kier alpha value is -1.09. The van der Waals surface area contributed by atoms with Crippen LogP contribution in [0.5, 0.6) is 0 Å². The van der Waals surface area contributed by atoms with Gasteiger partial charge < -0.3 is 9.88 Å². The molecular formula is C14H22N4O3S2. The van der Waals surface area contributed by atoms with E-state index in [1.807, 2.05) is 6.92 Å². The molecule has 23 heavy (non-hydrogen) atoms. The van der Waals surface area contributed by atoms with Crippen molar-refractivity contribution in [1.82, 2.24) is 20.1 Å². The highest BCUT2D eigenvalue weighted by Gasteiger charge is 2.30. The standard InChI is InChI=1S/C14H22N4O3S2/c1-10(13(19)15-11-6-8-23(20,21)9-11)22-14-17-16-12-5-3-2-4-7-18(12)14/h10-11H,2-9H2,1H3,(H,15,19)/t10-,11-/m0/s1. The Bertz CT molecular complexity index is 686. The summed E-state index contributed by atoms with van der Waals surface area (Å²) in [6.07, 6.45) is 4.88. The molecule has 0 unspecified atom stereocenters. The van der Waals surface area contributed by atoms with Crippen LogP contribution < -0.4 is 5.32 Å². The molecule has 7 nitrogen and oxygen atoms in total. The predicted molar refractivity (Wildman–Crippen MR) is 88.1 cm³/mol. The summed E-state index contributed by atoms with van der Waals surface area (Å²) in [7, 11) is -2.98. The van der Waals surface area contributed by atoms with Gasteiger partial charge in [0, 0.05) is 19.0 Å². The van der Waals surface area contributed by atoms with Crippen LogP contribution in [0.4, 0.5) is 0 Å². The third kappa shape index (κ3) is 4.06. The molecule has 0 bridgehead atoms. The number of hydrogen-bond acceptors (Lipinski definition) is 6. The van der Waals surface area contributed by atoms with Gasteiger partial charge in [-0.1, -0.05) is 18.2 Å². The Morgan fingerprint density at radius 1 is 1.35 bits per heavy atom. The normalized spacial score (nSPS) is 24.7. The molecule has 0 spiro atoms. The Labute approximate surface area is 140 Å². The molecule has 128 valence electrons. The van der Waals surface area contributed by atoms with Gasteiger partial charge in [0.2, 0.25) is 5.91 Å². The summed E-state index contributed by atoms with van der Waals surface area (Å²) in [6, 6.07) is -0.258. The van der Waals surface area contributed by atoms with Gasteiger partial charge in [-0.25, -0.2) is 8.42 Å². The molecule has 0 aliphatic carbocycles. The second-order valence-electron chi connectivity index (χ2n) is 6.23. The quantitative estimate of drug-likeness (QED) is 0.800. The zero-order chi connectivity index (χ0) is 16.4. The Morgan fingerprint density at radius 2 is 2.17 bits per heavy atom. The molecule has 1 N–H and O–H groups in total. The molecule has 9 heteroatoms. The second kappa shape index (κ2) is 6.80. The number of amides is 1. The third-order valence-corrected chi connectivity index (χ3v) is 7.15. The van der Waals surface area contributed by atoms with Gasteiger partial charge in [-0.15, -0.1) is 10.2 Å². The van der Waals surface area contributed by atoms with E-state index in [9.17, 15) is 13.2 Å². The molecule has 1 saturated heterocycles. The molecular weight excluding hydrogens is 336 g/mol. The van der Waals surface area contributed by atoms with Gasteiger partial charge in [0.05, 0.1) is 16.8 Å². The minimum absolute atomic E-state index is 0.0520. The average molecular weight is 358 g/mol. The number of carbonyl (C=O) groups is 1. The summed E-state index contributed by atoms with van der Waals surface area (Å²) in [5.41, 5.74) is 0. The van der Waals surface area contributed by atoms with E-state index in [2.05, 4.69) is 20.1 Å². The molecule has 0 radical (unpaired) electrons. The Kier molecular flexibility index (Phi) is 4.96. The maximum atomic E-state index is 12.3. The average Bonchev–Trinajstić information content (AvgIpc) is 2.93. The molecule has 2 aliphatic heterocycles. The molecule has 1 amide bonds. The monoisotopic (exact) mass is 358 g/mol. The number of carbonyl (C=O) groups excluding carboxylic acids is 1. The van der Waals surface area contributed by atoms with Crippen molar-refractivity contribution < 1.29 is 13.2 Å². The molecule has 3 heterocycles. The van der Waals surface area contributed by atoms with E-state index in [0.29, 0.717) is 6.42 Å². The zero-order valence-corrected chi connectivity index (χ0v) is 14.8. The molecule has 0 aromatic carbocycles. The maximum absolute atomic E-state index is 12.3. The van der Waals surface area contributed by atoms with Crippen LogP contribution in [0.15, 0.2) is 5.16 Å². The van der Waals surface area contributed by atoms with Gasteiger partial charge in [-0.3, -0.25) is 4.79 Å². The second-order valence-corrected chi connectivity index (χ2v) is 9.77. The number of nitrogens with zero attached hydrogens (tertiary/aromatic N) is 3. The Balaban J connectivity index is 1.60. The lowest BCUT2D eigenvalue weighted by molar-refractivity contribution is -0.120. The zero-order valence-electron chi connectivity index (χ0n) is 13.2. The lowest BCUT2D eigenvalue weighted by Crippen LogP contribution is -2.40. The number of hydrogen-bond donors (Lipinski definition) is 1. The van der Waals surface area contributed by atoms with E-state index in [4.69, 9.17) is 0 Å². The maximum Gasteiger partial charge on any atom is 0.233 e. The first-order valence-corrected chi connectivity index (χ1v) is 10.7. The van der Waals surface area contributed by atoms with Gasteiger partial charge >= 0.3 is 0 Å². The fourth-order valence-corrected chi connectivity index (χ4v) is 5.56. The van der Waals surface area contributed by atoms with Gasteiger partial charge in [-0.05, 0) is 26.2 Å². The van der Waals surface area contributed by atoms with E-state index in [0.717, 1.165) is 36.8 Å². The molecule has 0 saturated carbocycles. The largest absolute Gasteiger partial charge is 0.351 e. The number of aromatic nitrogens is 3. The first kappa shape index (κ1) is 16.8. The first-order valence-electron chi connectivity index (χ1n) is 8.04. The number of fused-ring (bicyclic) bond motifs is 1. The lowest BCUT2D eigenvalue weighted by atomic mass is 10.2. The van der Waals surface area contributed by atoms with E-state index < -0.39 is 9.84 Å². The molecule has 1 fully saturated rings. The minimum atomic E-state index is -2.98. The molecule has 1 aromatic rings. The van der Waals surface area contributed by atoms with Crippen LogP contribution in [0.2, 0.25) is 0 Å². The van der Waals surface area contributed by atoms with E-state index in [-0.39, 0.29) is 28.7 Å². The van der Waals surface area contributed by atoms with Crippen molar-refractivity contribution in [2.24, 2.45) is 0 Å². The van der Waals surface area contributed by atoms with Crippen LogP contribution in [0.1, 0.15) is 38.4 Å². The highest BCUT2D eigenvalue weighted by Crippen LogP contribution is 2.25. The predicted octanol–water partition coefficient (Wildman–Crippen LogP) is 0.788. The lowest BCUT2D eigenvalue weighted by Gasteiger charge is -2.15. The molecule has 2 atom stereocenters. The van der Waals surface area contributed by atoms with Crippen LogP contribution >= 0.6 is 11.8 Å². The van der Waals surface area contributed by atoms with E-state index in [1.54, 1.807) is 0 Å². The van der Waals surface area contributed by atoms with Crippen molar-refractivity contribution in [2.75, 3.05) is 11.5 Å². The van der Waals surface area contributed by atoms with Crippen molar-refractivity contribution in [1.29, 1.82) is 0 Å². The minimum Gasteiger partial charge on any atom is -0.351 e. The van der Waals surface area contributed by atoms with Crippen LogP contribution in [-0.2, 0) is 27.6 Å². The summed E-state index contributed by atoms with van der Waals surface area (Å²) in [4.78, 5) is 12.3. The highest BCUT2D eigenvalue weighted by molar-refractivity contribution is 8.00. The van der Waals surface area contributed by atoms with Gasteiger partial charge in [0.15, 0.2) is 15.0 Å². The van der Waals surface area contributed by atoms with Gasteiger partial charge in [0.25, 0.3) is 0 Å². The Morgan fingerprint density at radius 3 is 2.91 bits per heavy atom. The third-order valence-electron chi connectivity index (χ3n) is 4.31. The fraction of sp³-hybridized carbons (Fsp3) is 0.786. The first-order chi connectivity index (χ1) is 10.9. The van der Waals surface area contributed by atoms with Gasteiger partial charge in [0.1, 0.15) is 5.82 Å². The van der Waals surface area contributed by atoms with Crippen LogP contribution in [0.25, 0.3) is 0 Å².